The number of nitrogens with zero attached hydrogens (tertiary/aromatic N) is 2. The van der Waals surface area contributed by atoms with Crippen molar-refractivity contribution >= 4 is 45.5 Å². The van der Waals surface area contributed by atoms with Crippen LogP contribution >= 0.6 is 23.5 Å². The fourth-order valence-corrected chi connectivity index (χ4v) is 3.94. The van der Waals surface area contributed by atoms with Crippen LogP contribution in [0.1, 0.15) is 5.56 Å². The maximum Gasteiger partial charge on any atom is 0.324 e. The van der Waals surface area contributed by atoms with Crippen molar-refractivity contribution in [3.63, 3.8) is 0 Å². The minimum atomic E-state index is -0.292. The molecule has 2 heterocycles. The average Bonchev–Trinajstić information content (AvgIpc) is 2.91. The molecule has 1 saturated heterocycles. The van der Waals surface area contributed by atoms with E-state index in [1.54, 1.807) is 11.8 Å². The van der Waals surface area contributed by atoms with Gasteiger partial charge in [0.15, 0.2) is 0 Å². The van der Waals surface area contributed by atoms with Gasteiger partial charge in [-0.25, -0.2) is 9.79 Å². The number of thioether (sulfide) groups is 2. The zero-order valence-electron chi connectivity index (χ0n) is 10.7. The zero-order chi connectivity index (χ0) is 13.9. The molecule has 2 aliphatic rings. The molecule has 0 atom stereocenters. The van der Waals surface area contributed by atoms with Gasteiger partial charge in [-0.2, -0.15) is 0 Å². The molecule has 1 aromatic rings. The number of imide groups is 1. The third-order valence-electron chi connectivity index (χ3n) is 3.03. The number of aliphatic imine (C=N–C) groups is 1. The summed E-state index contributed by atoms with van der Waals surface area (Å²) in [5.74, 6) is 0.967. The summed E-state index contributed by atoms with van der Waals surface area (Å²) >= 11 is 3.03. The molecule has 0 spiro atoms. The number of urea groups is 1. The topological polar surface area (TPSA) is 61.8 Å². The maximum absolute atomic E-state index is 11.9. The minimum absolute atomic E-state index is 0.160. The van der Waals surface area contributed by atoms with E-state index in [9.17, 15) is 9.59 Å². The van der Waals surface area contributed by atoms with Gasteiger partial charge in [0.2, 0.25) is 5.91 Å². The van der Waals surface area contributed by atoms with Crippen LogP contribution in [0.15, 0.2) is 29.3 Å². The standard InChI is InChI=1S/C13H13N3O2S2/c17-11(16-6-5-14-12(16)18)8-20-13-15-10-4-2-1-3-9(10)7-19-13/h1-4H,5-8H2,(H,14,18). The highest BCUT2D eigenvalue weighted by Crippen LogP contribution is 2.34. The normalized spacial score (nSPS) is 17.5. The molecule has 0 bridgehead atoms. The van der Waals surface area contributed by atoms with Crippen LogP contribution in [0, 0.1) is 0 Å². The molecule has 0 aromatic heterocycles. The summed E-state index contributed by atoms with van der Waals surface area (Å²) in [7, 11) is 0. The number of hydrogen-bond acceptors (Lipinski definition) is 5. The van der Waals surface area contributed by atoms with E-state index in [2.05, 4.69) is 16.4 Å². The van der Waals surface area contributed by atoms with Gasteiger partial charge >= 0.3 is 6.03 Å². The zero-order valence-corrected chi connectivity index (χ0v) is 12.3. The average molecular weight is 307 g/mol. The molecule has 1 fully saturated rings. The number of carbonyl (C=O) groups is 2. The predicted molar refractivity (Wildman–Crippen MR) is 82.4 cm³/mol. The largest absolute Gasteiger partial charge is 0.336 e. The SMILES string of the molecule is O=C(CSC1=Nc2ccccc2CS1)N1CCNC1=O. The molecule has 0 radical (unpaired) electrons. The van der Waals surface area contributed by atoms with E-state index in [0.29, 0.717) is 13.1 Å². The van der Waals surface area contributed by atoms with Crippen LogP contribution in [0.25, 0.3) is 0 Å². The molecule has 1 N–H and O–H groups in total. The first-order valence-corrected chi connectivity index (χ1v) is 8.21. The lowest BCUT2D eigenvalue weighted by Crippen LogP contribution is -2.35. The summed E-state index contributed by atoms with van der Waals surface area (Å²) in [5, 5.41) is 2.62. The molecule has 3 amide bonds. The summed E-state index contributed by atoms with van der Waals surface area (Å²) in [4.78, 5) is 29.1. The van der Waals surface area contributed by atoms with Gasteiger partial charge in [-0.1, -0.05) is 41.7 Å². The van der Waals surface area contributed by atoms with Gasteiger partial charge < -0.3 is 5.32 Å². The number of para-hydroxylation sites is 1. The van der Waals surface area contributed by atoms with E-state index >= 15 is 0 Å². The lowest BCUT2D eigenvalue weighted by Gasteiger charge is -2.15. The van der Waals surface area contributed by atoms with Crippen LogP contribution in [0.2, 0.25) is 0 Å². The quantitative estimate of drug-likeness (QED) is 0.910. The van der Waals surface area contributed by atoms with Crippen LogP contribution < -0.4 is 5.32 Å². The highest BCUT2D eigenvalue weighted by Gasteiger charge is 2.26. The van der Waals surface area contributed by atoms with E-state index in [0.717, 1.165) is 15.8 Å². The molecule has 0 aliphatic carbocycles. The second kappa shape index (κ2) is 5.88. The van der Waals surface area contributed by atoms with Gasteiger partial charge in [0.05, 0.1) is 11.4 Å². The molecule has 5 nitrogen and oxygen atoms in total. The van der Waals surface area contributed by atoms with Crippen molar-refractivity contribution in [3.8, 4) is 0 Å². The van der Waals surface area contributed by atoms with E-state index in [1.165, 1.54) is 22.2 Å². The Balaban J connectivity index is 1.61. The van der Waals surface area contributed by atoms with Gasteiger partial charge in [-0.15, -0.1) is 0 Å². The Morgan fingerprint density at radius 3 is 3.10 bits per heavy atom. The fraction of sp³-hybridized carbons (Fsp3) is 0.308. The van der Waals surface area contributed by atoms with Crippen molar-refractivity contribution in [1.82, 2.24) is 10.2 Å². The third kappa shape index (κ3) is 2.83. The number of hydrogen-bond donors (Lipinski definition) is 1. The number of amides is 3. The van der Waals surface area contributed by atoms with Crippen molar-refractivity contribution in [3.05, 3.63) is 29.8 Å². The summed E-state index contributed by atoms with van der Waals surface area (Å²) < 4.78 is 0.886. The van der Waals surface area contributed by atoms with Crippen molar-refractivity contribution in [2.24, 2.45) is 4.99 Å². The number of carbonyl (C=O) groups excluding carboxylic acids is 2. The van der Waals surface area contributed by atoms with E-state index in [4.69, 9.17) is 0 Å². The number of benzene rings is 1. The molecule has 1 aromatic carbocycles. The Labute approximate surface area is 125 Å². The van der Waals surface area contributed by atoms with Gasteiger partial charge in [0, 0.05) is 18.8 Å². The van der Waals surface area contributed by atoms with Gasteiger partial charge in [-0.05, 0) is 11.6 Å². The van der Waals surface area contributed by atoms with Gasteiger partial charge in [0.1, 0.15) is 4.38 Å². The molecule has 2 aliphatic heterocycles. The Hall–Kier alpha value is -1.47. The molecule has 0 unspecified atom stereocenters. The van der Waals surface area contributed by atoms with Crippen molar-refractivity contribution < 1.29 is 9.59 Å². The van der Waals surface area contributed by atoms with Crippen molar-refractivity contribution in [2.75, 3.05) is 18.8 Å². The molecule has 3 rings (SSSR count). The molecule has 20 heavy (non-hydrogen) atoms. The van der Waals surface area contributed by atoms with Crippen LogP contribution in [0.3, 0.4) is 0 Å². The van der Waals surface area contributed by atoms with E-state index in [1.807, 2.05) is 18.2 Å². The van der Waals surface area contributed by atoms with Crippen LogP contribution in [-0.2, 0) is 10.5 Å². The van der Waals surface area contributed by atoms with Crippen LogP contribution in [0.4, 0.5) is 10.5 Å². The van der Waals surface area contributed by atoms with Gasteiger partial charge in [-0.3, -0.25) is 9.69 Å². The highest BCUT2D eigenvalue weighted by molar-refractivity contribution is 8.38. The third-order valence-corrected chi connectivity index (χ3v) is 5.26. The monoisotopic (exact) mass is 307 g/mol. The molecule has 104 valence electrons. The summed E-state index contributed by atoms with van der Waals surface area (Å²) in [5.41, 5.74) is 2.19. The second-order valence-corrected chi connectivity index (χ2v) is 6.55. The second-order valence-electron chi connectivity index (χ2n) is 4.36. The lowest BCUT2D eigenvalue weighted by molar-refractivity contribution is -0.124. The smallest absolute Gasteiger partial charge is 0.324 e. The van der Waals surface area contributed by atoms with E-state index < -0.39 is 0 Å². The van der Waals surface area contributed by atoms with Crippen molar-refractivity contribution in [1.29, 1.82) is 0 Å². The van der Waals surface area contributed by atoms with Crippen LogP contribution in [-0.4, -0.2) is 40.1 Å². The van der Waals surface area contributed by atoms with Crippen molar-refractivity contribution in [2.45, 2.75) is 5.75 Å². The molecular weight excluding hydrogens is 294 g/mol. The Bertz CT molecular complexity index is 589. The first-order chi connectivity index (χ1) is 9.74. The first kappa shape index (κ1) is 13.5. The van der Waals surface area contributed by atoms with Crippen LogP contribution in [0.5, 0.6) is 0 Å². The summed E-state index contributed by atoms with van der Waals surface area (Å²) in [6, 6.07) is 7.71. The molecule has 7 heteroatoms. The number of fused-ring (bicyclic) bond motifs is 1. The van der Waals surface area contributed by atoms with Gasteiger partial charge in [0.25, 0.3) is 0 Å². The van der Waals surface area contributed by atoms with E-state index in [-0.39, 0.29) is 17.7 Å². The Morgan fingerprint density at radius 2 is 2.30 bits per heavy atom. The minimum Gasteiger partial charge on any atom is -0.336 e. The number of rotatable bonds is 2. The summed E-state index contributed by atoms with van der Waals surface area (Å²) in [6.45, 7) is 0.999. The number of nitrogens with one attached hydrogen (secondary N) is 1. The fourth-order valence-electron chi connectivity index (χ4n) is 2.00. The maximum atomic E-state index is 11.9. The molecule has 0 saturated carbocycles. The predicted octanol–water partition coefficient (Wildman–Crippen LogP) is 2.21. The Morgan fingerprint density at radius 1 is 1.45 bits per heavy atom. The lowest BCUT2D eigenvalue weighted by atomic mass is 10.2. The first-order valence-electron chi connectivity index (χ1n) is 6.24. The molecular formula is C13H13N3O2S2. The Kier molecular flexibility index (Phi) is 3.98. The highest BCUT2D eigenvalue weighted by atomic mass is 32.2. The summed E-state index contributed by atoms with van der Waals surface area (Å²) in [6.07, 6.45) is 0.